The molecule has 13 heteroatoms. The highest BCUT2D eigenvalue weighted by molar-refractivity contribution is 7.71. The van der Waals surface area contributed by atoms with E-state index >= 15 is 0 Å². The summed E-state index contributed by atoms with van der Waals surface area (Å²) >= 11 is 5.34. The normalized spacial score (nSPS) is 25.6. The number of aromatic amines is 1. The quantitative estimate of drug-likeness (QED) is 0.259. The summed E-state index contributed by atoms with van der Waals surface area (Å²) < 4.78 is 25.7. The van der Waals surface area contributed by atoms with Gasteiger partial charge in [-0.15, -0.1) is 0 Å². The van der Waals surface area contributed by atoms with Gasteiger partial charge in [-0.1, -0.05) is 13.8 Å². The fraction of sp³-hybridized carbons (Fsp3) is 0.667. The monoisotopic (exact) mass is 517 g/mol. The number of aryl methyl sites for hydroxylation is 1. The van der Waals surface area contributed by atoms with Gasteiger partial charge in [-0.25, -0.2) is 4.98 Å². The molecule has 1 aliphatic heterocycles. The summed E-state index contributed by atoms with van der Waals surface area (Å²) in [6.45, 7) is 7.63. The van der Waals surface area contributed by atoms with Crippen LogP contribution >= 0.6 is 19.8 Å². The van der Waals surface area contributed by atoms with Crippen molar-refractivity contribution >= 4 is 30.8 Å². The maximum Gasteiger partial charge on any atom is 0.359 e. The minimum atomic E-state index is -4.45. The molecule has 0 bridgehead atoms. The molecule has 0 aliphatic carbocycles. The molecule has 5 unspecified atom stereocenters. The fourth-order valence-electron chi connectivity index (χ4n) is 4.04. The van der Waals surface area contributed by atoms with Crippen molar-refractivity contribution in [3.05, 3.63) is 33.0 Å². The van der Waals surface area contributed by atoms with Crippen LogP contribution in [0.15, 0.2) is 17.1 Å². The summed E-state index contributed by atoms with van der Waals surface area (Å²) in [5.74, 6) is 0. The van der Waals surface area contributed by atoms with Crippen molar-refractivity contribution in [1.29, 1.82) is 0 Å². The van der Waals surface area contributed by atoms with E-state index in [0.29, 0.717) is 29.4 Å². The number of nitrogens with zero attached hydrogens (tertiary/aromatic N) is 2. The first-order valence-electron chi connectivity index (χ1n) is 11.0. The van der Waals surface area contributed by atoms with Gasteiger partial charge in [-0.2, -0.15) is 0 Å². The highest BCUT2D eigenvalue weighted by Gasteiger charge is 2.50. The van der Waals surface area contributed by atoms with E-state index in [2.05, 4.69) is 9.97 Å². The van der Waals surface area contributed by atoms with Crippen LogP contribution in [-0.4, -0.2) is 64.0 Å². The number of aliphatic hydroxyl groups is 3. The number of nitrogens with one attached hydrogen (secondary N) is 1. The Morgan fingerprint density at radius 1 is 1.29 bits per heavy atom. The van der Waals surface area contributed by atoms with E-state index in [0.717, 1.165) is 0 Å². The third kappa shape index (κ3) is 5.05. The van der Waals surface area contributed by atoms with Crippen LogP contribution in [-0.2, 0) is 13.8 Å². The molecule has 0 amide bonds. The third-order valence-corrected chi connectivity index (χ3v) is 8.77. The Kier molecular flexibility index (Phi) is 7.58. The van der Waals surface area contributed by atoms with Crippen molar-refractivity contribution in [2.24, 2.45) is 0 Å². The Morgan fingerprint density at radius 2 is 1.91 bits per heavy atom. The number of aliphatic hydroxyl groups excluding tert-OH is 2. The van der Waals surface area contributed by atoms with E-state index in [4.69, 9.17) is 21.5 Å². The number of aromatic nitrogens is 3. The molecule has 3 heterocycles. The minimum absolute atomic E-state index is 0.0178. The highest BCUT2D eigenvalue weighted by atomic mass is 32.1. The molecule has 1 fully saturated rings. The van der Waals surface area contributed by atoms with Crippen molar-refractivity contribution in [2.75, 3.05) is 0 Å². The molecule has 190 valence electrons. The van der Waals surface area contributed by atoms with E-state index in [9.17, 15) is 29.6 Å². The maximum absolute atomic E-state index is 12.7. The first-order valence-corrected chi connectivity index (χ1v) is 13.0. The highest BCUT2D eigenvalue weighted by Crippen LogP contribution is 2.58. The Labute approximate surface area is 201 Å². The van der Waals surface area contributed by atoms with Crippen LogP contribution in [0, 0.1) is 11.7 Å². The molecule has 34 heavy (non-hydrogen) atoms. The minimum Gasteiger partial charge on any atom is -0.388 e. The Balaban J connectivity index is 1.94. The summed E-state index contributed by atoms with van der Waals surface area (Å²) in [6, 6.07) is 1.41. The number of fused-ring (bicyclic) bond motifs is 1. The van der Waals surface area contributed by atoms with Crippen LogP contribution in [0.1, 0.15) is 58.7 Å². The predicted molar refractivity (Wildman–Crippen MR) is 127 cm³/mol. The van der Waals surface area contributed by atoms with Crippen LogP contribution in [0.4, 0.5) is 0 Å². The number of ether oxygens (including phenoxy) is 1. The van der Waals surface area contributed by atoms with Gasteiger partial charge < -0.3 is 29.9 Å². The molecule has 1 aliphatic rings. The largest absolute Gasteiger partial charge is 0.388 e. The molecule has 0 aromatic carbocycles. The molecular weight excluding hydrogens is 485 g/mol. The Hall–Kier alpha value is -1.50. The molecular formula is C21H32N3O8PS. The molecule has 0 saturated carbocycles. The lowest BCUT2D eigenvalue weighted by Gasteiger charge is -2.38. The van der Waals surface area contributed by atoms with E-state index in [1.165, 1.54) is 24.5 Å². The van der Waals surface area contributed by atoms with Crippen molar-refractivity contribution in [3.8, 4) is 0 Å². The number of H-pyrrole nitrogens is 1. The number of rotatable bonds is 8. The molecule has 0 spiro atoms. The van der Waals surface area contributed by atoms with Crippen LogP contribution in [0.3, 0.4) is 0 Å². The summed E-state index contributed by atoms with van der Waals surface area (Å²) in [7, 11) is -4.45. The first kappa shape index (κ1) is 27.1. The average Bonchev–Trinajstić information content (AvgIpc) is 2.99. The van der Waals surface area contributed by atoms with Crippen LogP contribution in [0.2, 0.25) is 0 Å². The second kappa shape index (κ2) is 9.51. The second-order valence-corrected chi connectivity index (χ2v) is 11.9. The van der Waals surface area contributed by atoms with Gasteiger partial charge in [0, 0.05) is 24.1 Å². The van der Waals surface area contributed by atoms with E-state index < -0.39 is 43.1 Å². The third-order valence-electron chi connectivity index (χ3n) is 6.45. The molecule has 2 aromatic heterocycles. The smallest absolute Gasteiger partial charge is 0.359 e. The molecule has 3 rings (SSSR count). The second-order valence-electron chi connectivity index (χ2n) is 9.26. The number of hydrogen-bond acceptors (Lipinski definition) is 9. The summed E-state index contributed by atoms with van der Waals surface area (Å²) in [5.41, 5.74) is -0.580. The van der Waals surface area contributed by atoms with E-state index in [-0.39, 0.29) is 16.8 Å². The average molecular weight is 518 g/mol. The first-order chi connectivity index (χ1) is 15.6. The zero-order valence-corrected chi connectivity index (χ0v) is 21.5. The fourth-order valence-corrected chi connectivity index (χ4v) is 5.36. The SMILES string of the molecule is CCC(CC)(CC1OC(n2cc3c(C)cc(=O)[nH]c3nc2=S)C(O)C1O)OP(=O)(O)C(C)(C)O. The van der Waals surface area contributed by atoms with Gasteiger partial charge in [0.2, 0.25) is 10.3 Å². The summed E-state index contributed by atoms with van der Waals surface area (Å²) in [5, 5.41) is 30.3. The lowest BCUT2D eigenvalue weighted by atomic mass is 9.88. The van der Waals surface area contributed by atoms with Crippen molar-refractivity contribution < 1.29 is 34.0 Å². The van der Waals surface area contributed by atoms with Crippen molar-refractivity contribution in [2.45, 2.75) is 89.4 Å². The molecule has 11 nitrogen and oxygen atoms in total. The van der Waals surface area contributed by atoms with Crippen LogP contribution < -0.4 is 5.56 Å². The molecule has 2 aromatic rings. The van der Waals surface area contributed by atoms with E-state index in [1.54, 1.807) is 27.0 Å². The summed E-state index contributed by atoms with van der Waals surface area (Å²) in [4.78, 5) is 28.9. The van der Waals surface area contributed by atoms with Gasteiger partial charge in [-0.3, -0.25) is 18.5 Å². The van der Waals surface area contributed by atoms with Gasteiger partial charge in [0.25, 0.3) is 0 Å². The zero-order valence-electron chi connectivity index (χ0n) is 19.8. The van der Waals surface area contributed by atoms with Gasteiger partial charge in [0.05, 0.1) is 11.7 Å². The Morgan fingerprint density at radius 3 is 2.47 bits per heavy atom. The van der Waals surface area contributed by atoms with Crippen molar-refractivity contribution in [1.82, 2.24) is 14.5 Å². The maximum atomic E-state index is 12.7. The lowest BCUT2D eigenvalue weighted by Crippen LogP contribution is -2.41. The van der Waals surface area contributed by atoms with Crippen LogP contribution in [0.25, 0.3) is 11.0 Å². The molecule has 5 atom stereocenters. The topological polar surface area (TPSA) is 167 Å². The van der Waals surface area contributed by atoms with Crippen molar-refractivity contribution in [3.63, 3.8) is 0 Å². The lowest BCUT2D eigenvalue weighted by molar-refractivity contribution is -0.0763. The standard InChI is InChI=1S/C21H32N3O8PS/c1-6-21(7-2,32-33(29,30)20(4,5)28)9-13-15(26)16(27)18(31-13)24-10-12-11(3)8-14(25)22-17(12)23-19(24)34/h8,10,13,15-16,18,26-28H,6-7,9H2,1-5H3,(H,29,30)(H,22,23,25,34). The van der Waals surface area contributed by atoms with Gasteiger partial charge in [0.15, 0.2) is 11.6 Å². The van der Waals surface area contributed by atoms with Gasteiger partial charge >= 0.3 is 7.60 Å². The van der Waals surface area contributed by atoms with Gasteiger partial charge in [-0.05, 0) is 51.4 Å². The predicted octanol–water partition coefficient (Wildman–Crippen LogP) is 2.26. The van der Waals surface area contributed by atoms with E-state index in [1.807, 2.05) is 0 Å². The van der Waals surface area contributed by atoms with Gasteiger partial charge in [0.1, 0.15) is 17.9 Å². The molecule has 1 saturated heterocycles. The molecule has 0 radical (unpaired) electrons. The number of hydrogen-bond donors (Lipinski definition) is 5. The summed E-state index contributed by atoms with van der Waals surface area (Å²) in [6.07, 6.45) is -2.61. The van der Waals surface area contributed by atoms with Crippen LogP contribution in [0.5, 0.6) is 0 Å². The Bertz CT molecular complexity index is 1220. The zero-order chi connectivity index (χ0) is 25.6. The number of pyridine rings is 1. The molecule has 5 N–H and O–H groups in total.